The van der Waals surface area contributed by atoms with Crippen molar-refractivity contribution in [1.29, 1.82) is 0 Å². The number of aryl methyl sites for hydroxylation is 2. The van der Waals surface area contributed by atoms with Gasteiger partial charge in [-0.05, 0) is 37.1 Å². The summed E-state index contributed by atoms with van der Waals surface area (Å²) < 4.78 is 2.39. The van der Waals surface area contributed by atoms with E-state index in [1.165, 1.54) is 27.4 Å². The van der Waals surface area contributed by atoms with E-state index in [1.807, 2.05) is 13.8 Å². The lowest BCUT2D eigenvalue weighted by molar-refractivity contribution is 0.827. The van der Waals surface area contributed by atoms with Crippen molar-refractivity contribution in [3.63, 3.8) is 0 Å². The highest BCUT2D eigenvalue weighted by atomic mass is 15.0. The molecule has 0 saturated heterocycles. The average Bonchev–Trinajstić information content (AvgIpc) is 2.82. The molecule has 1 aromatic heterocycles. The van der Waals surface area contributed by atoms with Crippen LogP contribution in [-0.2, 0) is 13.0 Å². The van der Waals surface area contributed by atoms with E-state index in [0.29, 0.717) is 0 Å². The Morgan fingerprint density at radius 1 is 0.842 bits per heavy atom. The normalized spacial score (nSPS) is 10.5. The van der Waals surface area contributed by atoms with Crippen LogP contribution in [0.2, 0.25) is 0 Å². The van der Waals surface area contributed by atoms with Crippen molar-refractivity contribution in [1.82, 2.24) is 4.57 Å². The molecule has 0 radical (unpaired) electrons. The molecule has 2 aromatic carbocycles. The lowest BCUT2D eigenvalue weighted by atomic mass is 10.1. The number of fused-ring (bicyclic) bond motifs is 3. The molecule has 0 aliphatic rings. The lowest BCUT2D eigenvalue weighted by Gasteiger charge is -2.03. The number of benzene rings is 2. The van der Waals surface area contributed by atoms with Gasteiger partial charge < -0.3 is 4.57 Å². The maximum absolute atomic E-state index is 2.39. The quantitative estimate of drug-likeness (QED) is 0.576. The van der Waals surface area contributed by atoms with Crippen molar-refractivity contribution in [2.75, 3.05) is 0 Å². The SMILES string of the molecule is CC.CCc1ccc2c(c1)c1ccccc1n2CC. The third kappa shape index (κ3) is 2.25. The first kappa shape index (κ1) is 13.7. The molecular weight excluding hydrogens is 230 g/mol. The number of para-hydroxylation sites is 1. The molecule has 0 spiro atoms. The molecule has 1 heteroatoms. The predicted molar refractivity (Wildman–Crippen MR) is 85.8 cm³/mol. The Kier molecular flexibility index (Phi) is 4.26. The Bertz CT molecular complexity index is 677. The molecule has 100 valence electrons. The van der Waals surface area contributed by atoms with Crippen LogP contribution in [0.15, 0.2) is 42.5 Å². The van der Waals surface area contributed by atoms with E-state index in [2.05, 4.69) is 60.9 Å². The van der Waals surface area contributed by atoms with Crippen molar-refractivity contribution in [3.05, 3.63) is 48.0 Å². The summed E-state index contributed by atoms with van der Waals surface area (Å²) in [6.45, 7) is 9.44. The summed E-state index contributed by atoms with van der Waals surface area (Å²) in [6, 6.07) is 15.5. The zero-order chi connectivity index (χ0) is 13.8. The number of nitrogens with zero attached hydrogens (tertiary/aromatic N) is 1. The summed E-state index contributed by atoms with van der Waals surface area (Å²) in [5.74, 6) is 0. The molecular formula is C18H23N. The molecule has 0 unspecified atom stereocenters. The molecule has 0 N–H and O–H groups in total. The number of hydrogen-bond acceptors (Lipinski definition) is 0. The standard InChI is InChI=1S/C16H17N.C2H6/c1-3-12-9-10-16-14(11-12)13-7-5-6-8-15(13)17(16)4-2;1-2/h5-11H,3-4H2,1-2H3;1-2H3. The Labute approximate surface area is 115 Å². The zero-order valence-electron chi connectivity index (χ0n) is 12.4. The summed E-state index contributed by atoms with van der Waals surface area (Å²) in [7, 11) is 0. The minimum Gasteiger partial charge on any atom is -0.341 e. The Morgan fingerprint density at radius 3 is 2.21 bits per heavy atom. The molecule has 3 aromatic rings. The topological polar surface area (TPSA) is 4.93 Å². The zero-order valence-corrected chi connectivity index (χ0v) is 12.4. The molecule has 0 fully saturated rings. The lowest BCUT2D eigenvalue weighted by Crippen LogP contribution is -1.92. The maximum Gasteiger partial charge on any atom is 0.0491 e. The maximum atomic E-state index is 2.39. The van der Waals surface area contributed by atoms with Gasteiger partial charge in [-0.25, -0.2) is 0 Å². The van der Waals surface area contributed by atoms with E-state index in [1.54, 1.807) is 0 Å². The van der Waals surface area contributed by atoms with Gasteiger partial charge in [0.15, 0.2) is 0 Å². The predicted octanol–water partition coefficient (Wildman–Crippen LogP) is 5.40. The minimum atomic E-state index is 1.02. The molecule has 0 saturated carbocycles. The van der Waals surface area contributed by atoms with Gasteiger partial charge in [-0.2, -0.15) is 0 Å². The highest BCUT2D eigenvalue weighted by Crippen LogP contribution is 2.29. The Hall–Kier alpha value is -1.76. The Balaban J connectivity index is 0.000000637. The molecule has 1 nitrogen and oxygen atoms in total. The largest absolute Gasteiger partial charge is 0.341 e. The molecule has 0 atom stereocenters. The first-order valence-electron chi connectivity index (χ1n) is 7.35. The molecule has 0 amide bonds. The number of aromatic nitrogens is 1. The second-order valence-corrected chi connectivity index (χ2v) is 4.47. The highest BCUT2D eigenvalue weighted by molar-refractivity contribution is 6.08. The summed E-state index contributed by atoms with van der Waals surface area (Å²) in [4.78, 5) is 0. The number of hydrogen-bond donors (Lipinski definition) is 0. The first-order valence-corrected chi connectivity index (χ1v) is 7.35. The third-order valence-electron chi connectivity index (χ3n) is 3.56. The van der Waals surface area contributed by atoms with Gasteiger partial charge in [0.2, 0.25) is 0 Å². The second kappa shape index (κ2) is 5.92. The van der Waals surface area contributed by atoms with Gasteiger partial charge in [0.25, 0.3) is 0 Å². The monoisotopic (exact) mass is 253 g/mol. The van der Waals surface area contributed by atoms with E-state index in [4.69, 9.17) is 0 Å². The van der Waals surface area contributed by atoms with Crippen LogP contribution in [0, 0.1) is 0 Å². The van der Waals surface area contributed by atoms with Crippen LogP contribution in [0.3, 0.4) is 0 Å². The van der Waals surface area contributed by atoms with Gasteiger partial charge >= 0.3 is 0 Å². The van der Waals surface area contributed by atoms with E-state index >= 15 is 0 Å². The van der Waals surface area contributed by atoms with Crippen LogP contribution >= 0.6 is 0 Å². The molecule has 0 aliphatic heterocycles. The van der Waals surface area contributed by atoms with Crippen molar-refractivity contribution < 1.29 is 0 Å². The van der Waals surface area contributed by atoms with Gasteiger partial charge in [-0.15, -0.1) is 0 Å². The van der Waals surface area contributed by atoms with Crippen LogP contribution in [0.1, 0.15) is 33.3 Å². The second-order valence-electron chi connectivity index (χ2n) is 4.47. The van der Waals surface area contributed by atoms with Crippen molar-refractivity contribution in [2.45, 2.75) is 40.7 Å². The first-order chi connectivity index (χ1) is 9.35. The van der Waals surface area contributed by atoms with Gasteiger partial charge in [-0.3, -0.25) is 0 Å². The fourth-order valence-corrected chi connectivity index (χ4v) is 2.66. The van der Waals surface area contributed by atoms with Crippen molar-refractivity contribution in [3.8, 4) is 0 Å². The van der Waals surface area contributed by atoms with E-state index in [0.717, 1.165) is 13.0 Å². The summed E-state index contributed by atoms with van der Waals surface area (Å²) >= 11 is 0. The van der Waals surface area contributed by atoms with Crippen LogP contribution in [-0.4, -0.2) is 4.57 Å². The van der Waals surface area contributed by atoms with Crippen LogP contribution in [0.5, 0.6) is 0 Å². The summed E-state index contributed by atoms with van der Waals surface area (Å²) in [5, 5.41) is 2.77. The van der Waals surface area contributed by atoms with Crippen LogP contribution in [0.25, 0.3) is 21.8 Å². The average molecular weight is 253 g/mol. The van der Waals surface area contributed by atoms with Crippen molar-refractivity contribution >= 4 is 21.8 Å². The fourth-order valence-electron chi connectivity index (χ4n) is 2.66. The minimum absolute atomic E-state index is 1.02. The molecule has 0 bridgehead atoms. The molecule has 19 heavy (non-hydrogen) atoms. The highest BCUT2D eigenvalue weighted by Gasteiger charge is 2.08. The van der Waals surface area contributed by atoms with Gasteiger partial charge in [0, 0.05) is 28.4 Å². The smallest absolute Gasteiger partial charge is 0.0491 e. The van der Waals surface area contributed by atoms with Crippen molar-refractivity contribution in [2.24, 2.45) is 0 Å². The van der Waals surface area contributed by atoms with Gasteiger partial charge in [0.1, 0.15) is 0 Å². The molecule has 0 aliphatic carbocycles. The molecule has 1 heterocycles. The third-order valence-corrected chi connectivity index (χ3v) is 3.56. The van der Waals surface area contributed by atoms with Crippen LogP contribution in [0.4, 0.5) is 0 Å². The van der Waals surface area contributed by atoms with Gasteiger partial charge in [-0.1, -0.05) is 45.0 Å². The molecule has 3 rings (SSSR count). The van der Waals surface area contributed by atoms with E-state index in [9.17, 15) is 0 Å². The van der Waals surface area contributed by atoms with E-state index < -0.39 is 0 Å². The van der Waals surface area contributed by atoms with E-state index in [-0.39, 0.29) is 0 Å². The summed E-state index contributed by atoms with van der Waals surface area (Å²) in [5.41, 5.74) is 4.11. The number of rotatable bonds is 2. The fraction of sp³-hybridized carbons (Fsp3) is 0.333. The Morgan fingerprint density at radius 2 is 1.53 bits per heavy atom. The summed E-state index contributed by atoms with van der Waals surface area (Å²) in [6.07, 6.45) is 1.10. The van der Waals surface area contributed by atoms with Gasteiger partial charge in [0.05, 0.1) is 0 Å². The van der Waals surface area contributed by atoms with Crippen LogP contribution < -0.4 is 0 Å².